The predicted octanol–water partition coefficient (Wildman–Crippen LogP) is 7.86. The molecular weight excluding hydrogens is 396 g/mol. The van der Waals surface area contributed by atoms with Gasteiger partial charge in [-0.25, -0.2) is 0 Å². The minimum absolute atomic E-state index is 1.28. The quantitative estimate of drug-likeness (QED) is 0.241. The fourth-order valence-corrected chi connectivity index (χ4v) is 5.91. The van der Waals surface area contributed by atoms with Crippen molar-refractivity contribution in [3.63, 3.8) is 0 Å². The van der Waals surface area contributed by atoms with Crippen molar-refractivity contribution in [2.24, 2.45) is 14.1 Å². The molecule has 0 N–H and O–H groups in total. The van der Waals surface area contributed by atoms with Crippen LogP contribution in [-0.4, -0.2) is 9.13 Å². The fraction of sp³-hybridized carbons (Fsp3) is 0.0714. The van der Waals surface area contributed by atoms with E-state index in [2.05, 4.69) is 108 Å². The minimum Gasteiger partial charge on any atom is -0.351 e. The van der Waals surface area contributed by atoms with Gasteiger partial charge in [-0.15, -0.1) is 11.3 Å². The van der Waals surface area contributed by atoms with E-state index < -0.39 is 0 Å². The smallest absolute Gasteiger partial charge is 0.0590 e. The normalized spacial score (nSPS) is 12.2. The number of rotatable bonds is 1. The van der Waals surface area contributed by atoms with Crippen molar-refractivity contribution in [2.45, 2.75) is 0 Å². The number of hydrogen-bond acceptors (Lipinski definition) is 1. The van der Waals surface area contributed by atoms with Gasteiger partial charge in [0.1, 0.15) is 0 Å². The van der Waals surface area contributed by atoms with Gasteiger partial charge in [0.05, 0.1) is 10.6 Å². The van der Waals surface area contributed by atoms with Gasteiger partial charge in [-0.1, -0.05) is 30.3 Å². The van der Waals surface area contributed by atoms with E-state index in [0.717, 1.165) is 0 Å². The molecular formula is C28H20N2S. The summed E-state index contributed by atoms with van der Waals surface area (Å²) in [5.41, 5.74) is 3.83. The second-order valence-electron chi connectivity index (χ2n) is 8.48. The van der Waals surface area contributed by atoms with Gasteiger partial charge in [0.15, 0.2) is 0 Å². The van der Waals surface area contributed by atoms with Crippen LogP contribution in [0.4, 0.5) is 0 Å². The van der Waals surface area contributed by atoms with E-state index in [0.29, 0.717) is 0 Å². The Morgan fingerprint density at radius 3 is 2.03 bits per heavy atom. The summed E-state index contributed by atoms with van der Waals surface area (Å²) in [6.45, 7) is 0. The molecule has 31 heavy (non-hydrogen) atoms. The average Bonchev–Trinajstić information content (AvgIpc) is 3.51. The van der Waals surface area contributed by atoms with Gasteiger partial charge in [-0.2, -0.15) is 0 Å². The average molecular weight is 417 g/mol. The van der Waals surface area contributed by atoms with Crippen LogP contribution in [-0.2, 0) is 14.1 Å². The molecule has 7 rings (SSSR count). The van der Waals surface area contributed by atoms with E-state index in [1.54, 1.807) is 11.3 Å². The topological polar surface area (TPSA) is 9.86 Å². The molecule has 0 saturated carbocycles. The largest absolute Gasteiger partial charge is 0.351 e. The Labute approximate surface area is 183 Å². The molecule has 0 atom stereocenters. The van der Waals surface area contributed by atoms with E-state index in [-0.39, 0.29) is 0 Å². The number of aryl methyl sites for hydroxylation is 2. The van der Waals surface area contributed by atoms with Crippen molar-refractivity contribution in [2.75, 3.05) is 0 Å². The first kappa shape index (κ1) is 17.2. The van der Waals surface area contributed by atoms with Crippen LogP contribution in [0, 0.1) is 0 Å². The zero-order valence-electron chi connectivity index (χ0n) is 17.4. The van der Waals surface area contributed by atoms with Gasteiger partial charge in [-0.05, 0) is 80.2 Å². The van der Waals surface area contributed by atoms with Crippen LogP contribution in [0.15, 0.2) is 84.4 Å². The van der Waals surface area contributed by atoms with Crippen LogP contribution in [0.1, 0.15) is 0 Å². The number of nitrogens with zero attached hydrogens (tertiary/aromatic N) is 2. The number of aromatic nitrogens is 2. The third-order valence-electron chi connectivity index (χ3n) is 6.77. The van der Waals surface area contributed by atoms with Crippen LogP contribution in [0.5, 0.6) is 0 Å². The Bertz CT molecular complexity index is 1800. The molecule has 4 aromatic carbocycles. The third-order valence-corrected chi connectivity index (χ3v) is 7.67. The van der Waals surface area contributed by atoms with Gasteiger partial charge in [-0.3, -0.25) is 0 Å². The summed E-state index contributed by atoms with van der Waals surface area (Å²) in [4.78, 5) is 1.31. The molecule has 0 saturated heterocycles. The zero-order chi connectivity index (χ0) is 20.7. The molecule has 0 radical (unpaired) electrons. The molecule has 0 fully saturated rings. The molecule has 0 unspecified atom stereocenters. The Kier molecular flexibility index (Phi) is 3.32. The highest BCUT2D eigenvalue weighted by atomic mass is 32.1. The maximum absolute atomic E-state index is 2.37. The lowest BCUT2D eigenvalue weighted by molar-refractivity contribution is 0.970. The lowest BCUT2D eigenvalue weighted by Crippen LogP contribution is -1.90. The third kappa shape index (κ3) is 2.32. The molecule has 3 heterocycles. The first-order chi connectivity index (χ1) is 15.2. The Morgan fingerprint density at radius 2 is 1.32 bits per heavy atom. The minimum atomic E-state index is 1.28. The molecule has 0 aliphatic rings. The van der Waals surface area contributed by atoms with Crippen molar-refractivity contribution in [1.29, 1.82) is 0 Å². The summed E-state index contributed by atoms with van der Waals surface area (Å²) in [6, 6.07) is 27.3. The molecule has 3 aromatic heterocycles. The van der Waals surface area contributed by atoms with Crippen LogP contribution < -0.4 is 0 Å². The van der Waals surface area contributed by atoms with Crippen LogP contribution in [0.2, 0.25) is 0 Å². The molecule has 0 spiro atoms. The van der Waals surface area contributed by atoms with Gasteiger partial charge < -0.3 is 9.13 Å². The van der Waals surface area contributed by atoms with Crippen LogP contribution >= 0.6 is 11.3 Å². The van der Waals surface area contributed by atoms with Crippen LogP contribution in [0.25, 0.3) is 64.7 Å². The second kappa shape index (κ2) is 5.99. The van der Waals surface area contributed by atoms with Crippen molar-refractivity contribution in [3.05, 3.63) is 84.4 Å². The number of thiophene rings is 1. The lowest BCUT2D eigenvalue weighted by atomic mass is 9.95. The Morgan fingerprint density at radius 1 is 0.613 bits per heavy atom. The fourth-order valence-electron chi connectivity index (χ4n) is 5.14. The van der Waals surface area contributed by atoms with Crippen molar-refractivity contribution in [3.8, 4) is 10.6 Å². The standard InChI is InChI=1S/C28H20N2S/c1-29-10-9-19-12-17-5-7-22-21(23(17)15-25(19)29)8-6-18-13-20-14-27(28-4-3-11-31-28)30(2)26(20)16-24(18)22/h3-16H,1-2H3. The lowest BCUT2D eigenvalue weighted by Gasteiger charge is -2.10. The molecule has 0 bridgehead atoms. The van der Waals surface area contributed by atoms with E-state index in [9.17, 15) is 0 Å². The summed E-state index contributed by atoms with van der Waals surface area (Å²) < 4.78 is 4.53. The zero-order valence-corrected chi connectivity index (χ0v) is 18.2. The van der Waals surface area contributed by atoms with Crippen molar-refractivity contribution in [1.82, 2.24) is 9.13 Å². The molecule has 0 aliphatic carbocycles. The maximum Gasteiger partial charge on any atom is 0.0590 e. The monoisotopic (exact) mass is 416 g/mol. The van der Waals surface area contributed by atoms with Gasteiger partial charge in [0.25, 0.3) is 0 Å². The molecule has 0 aliphatic heterocycles. The molecule has 7 aromatic rings. The number of fused-ring (bicyclic) bond motifs is 7. The van der Waals surface area contributed by atoms with Crippen LogP contribution in [0.3, 0.4) is 0 Å². The summed E-state index contributed by atoms with van der Waals surface area (Å²) in [6.07, 6.45) is 2.14. The molecule has 0 amide bonds. The Balaban J connectivity index is 1.58. The Hall–Kier alpha value is -3.56. The van der Waals surface area contributed by atoms with E-state index in [1.165, 1.54) is 64.7 Å². The molecule has 148 valence electrons. The van der Waals surface area contributed by atoms with E-state index in [4.69, 9.17) is 0 Å². The summed E-state index contributed by atoms with van der Waals surface area (Å²) in [7, 11) is 4.29. The SMILES string of the molecule is Cn1ccc2cc3ccc4c5cc6c(cc(-c7cccs7)n6C)cc5ccc4c3cc21. The van der Waals surface area contributed by atoms with E-state index >= 15 is 0 Å². The first-order valence-corrected chi connectivity index (χ1v) is 11.4. The van der Waals surface area contributed by atoms with Gasteiger partial charge >= 0.3 is 0 Å². The highest BCUT2D eigenvalue weighted by molar-refractivity contribution is 7.13. The second-order valence-corrected chi connectivity index (χ2v) is 9.43. The summed E-state index contributed by atoms with van der Waals surface area (Å²) in [5, 5.41) is 12.6. The summed E-state index contributed by atoms with van der Waals surface area (Å²) in [5.74, 6) is 0. The molecule has 2 nitrogen and oxygen atoms in total. The predicted molar refractivity (Wildman–Crippen MR) is 135 cm³/mol. The summed E-state index contributed by atoms with van der Waals surface area (Å²) >= 11 is 1.79. The number of hydrogen-bond donors (Lipinski definition) is 0. The van der Waals surface area contributed by atoms with Crippen molar-refractivity contribution < 1.29 is 0 Å². The maximum atomic E-state index is 2.37. The van der Waals surface area contributed by atoms with E-state index in [1.807, 2.05) is 0 Å². The van der Waals surface area contributed by atoms with Gasteiger partial charge in [0, 0.05) is 42.1 Å². The highest BCUT2D eigenvalue weighted by Crippen LogP contribution is 2.37. The van der Waals surface area contributed by atoms with Crippen molar-refractivity contribution >= 4 is 65.5 Å². The number of benzene rings is 4. The molecule has 3 heteroatoms. The first-order valence-electron chi connectivity index (χ1n) is 10.5. The van der Waals surface area contributed by atoms with Gasteiger partial charge in [0.2, 0.25) is 0 Å². The highest BCUT2D eigenvalue weighted by Gasteiger charge is 2.12.